The maximum absolute atomic E-state index is 5.84. The Morgan fingerprint density at radius 1 is 1.38 bits per heavy atom. The van der Waals surface area contributed by atoms with E-state index in [0.29, 0.717) is 0 Å². The Morgan fingerprint density at radius 2 is 1.88 bits per heavy atom. The summed E-state index contributed by atoms with van der Waals surface area (Å²) >= 11 is 0. The number of hydrogen-bond acceptors (Lipinski definition) is 1. The first-order chi connectivity index (χ1) is 3.61. The van der Waals surface area contributed by atoms with Crippen molar-refractivity contribution in [2.75, 3.05) is 0 Å². The Balaban J connectivity index is 2.34. The number of hydrogen-bond donors (Lipinski definition) is 1. The SMILES string of the molecule is CC(C)(N)C1CCC1. The maximum Gasteiger partial charge on any atom is 0.0125 e. The second-order valence-electron chi connectivity index (χ2n) is 3.45. The number of rotatable bonds is 1. The highest BCUT2D eigenvalue weighted by Gasteiger charge is 2.29. The van der Waals surface area contributed by atoms with Crippen molar-refractivity contribution in [2.45, 2.75) is 38.6 Å². The van der Waals surface area contributed by atoms with Crippen molar-refractivity contribution in [1.82, 2.24) is 0 Å². The molecule has 1 heteroatoms. The first kappa shape index (κ1) is 6.09. The fourth-order valence-electron chi connectivity index (χ4n) is 1.15. The van der Waals surface area contributed by atoms with E-state index in [0.717, 1.165) is 5.92 Å². The summed E-state index contributed by atoms with van der Waals surface area (Å²) in [6.45, 7) is 4.24. The van der Waals surface area contributed by atoms with Gasteiger partial charge in [0, 0.05) is 5.54 Å². The van der Waals surface area contributed by atoms with Gasteiger partial charge in [-0.15, -0.1) is 0 Å². The summed E-state index contributed by atoms with van der Waals surface area (Å²) in [6, 6.07) is 0. The Labute approximate surface area is 51.3 Å². The fraction of sp³-hybridized carbons (Fsp3) is 1.00. The first-order valence-corrected chi connectivity index (χ1v) is 3.39. The predicted molar refractivity (Wildman–Crippen MR) is 35.6 cm³/mol. The third-order valence-corrected chi connectivity index (χ3v) is 2.16. The molecule has 0 atom stereocenters. The molecule has 0 unspecified atom stereocenters. The van der Waals surface area contributed by atoms with Crippen LogP contribution in [0.4, 0.5) is 0 Å². The van der Waals surface area contributed by atoms with Crippen LogP contribution in [0.1, 0.15) is 33.1 Å². The van der Waals surface area contributed by atoms with Crippen LogP contribution < -0.4 is 5.73 Å². The molecule has 1 nitrogen and oxygen atoms in total. The van der Waals surface area contributed by atoms with Crippen molar-refractivity contribution in [3.05, 3.63) is 0 Å². The Morgan fingerprint density at radius 3 is 1.88 bits per heavy atom. The average Bonchev–Trinajstić information content (AvgIpc) is 1.16. The third-order valence-electron chi connectivity index (χ3n) is 2.16. The fourth-order valence-corrected chi connectivity index (χ4v) is 1.15. The van der Waals surface area contributed by atoms with Crippen LogP contribution in [0.25, 0.3) is 0 Å². The van der Waals surface area contributed by atoms with Crippen LogP contribution in [-0.4, -0.2) is 5.54 Å². The van der Waals surface area contributed by atoms with Gasteiger partial charge in [-0.2, -0.15) is 0 Å². The predicted octanol–water partition coefficient (Wildman–Crippen LogP) is 1.52. The molecule has 0 aliphatic heterocycles. The summed E-state index contributed by atoms with van der Waals surface area (Å²) in [5.74, 6) is 0.808. The van der Waals surface area contributed by atoms with Gasteiger partial charge in [0.05, 0.1) is 0 Å². The maximum atomic E-state index is 5.84. The molecule has 0 amide bonds. The lowest BCUT2D eigenvalue weighted by Crippen LogP contribution is -2.44. The van der Waals surface area contributed by atoms with Gasteiger partial charge in [-0.1, -0.05) is 6.42 Å². The lowest BCUT2D eigenvalue weighted by molar-refractivity contribution is 0.198. The van der Waals surface area contributed by atoms with Gasteiger partial charge in [0.15, 0.2) is 0 Å². The minimum atomic E-state index is 0.0955. The van der Waals surface area contributed by atoms with E-state index < -0.39 is 0 Å². The molecule has 0 aromatic rings. The molecule has 8 heavy (non-hydrogen) atoms. The summed E-state index contributed by atoms with van der Waals surface area (Å²) in [7, 11) is 0. The van der Waals surface area contributed by atoms with E-state index in [1.807, 2.05) is 0 Å². The van der Waals surface area contributed by atoms with E-state index >= 15 is 0 Å². The van der Waals surface area contributed by atoms with E-state index in [9.17, 15) is 0 Å². The van der Waals surface area contributed by atoms with Crippen molar-refractivity contribution < 1.29 is 0 Å². The molecular formula is C7H15N. The summed E-state index contributed by atoms with van der Waals surface area (Å²) < 4.78 is 0. The largest absolute Gasteiger partial charge is 0.325 e. The molecule has 0 radical (unpaired) electrons. The lowest BCUT2D eigenvalue weighted by Gasteiger charge is -2.37. The standard InChI is InChI=1S/C7H15N/c1-7(2,8)6-4-3-5-6/h6H,3-5,8H2,1-2H3. The van der Waals surface area contributed by atoms with Crippen LogP contribution in [0.2, 0.25) is 0 Å². The van der Waals surface area contributed by atoms with Gasteiger partial charge in [0.25, 0.3) is 0 Å². The van der Waals surface area contributed by atoms with Crippen LogP contribution in [0, 0.1) is 5.92 Å². The van der Waals surface area contributed by atoms with Crippen LogP contribution in [0.15, 0.2) is 0 Å². The van der Waals surface area contributed by atoms with Crippen LogP contribution >= 0.6 is 0 Å². The average molecular weight is 113 g/mol. The normalized spacial score (nSPS) is 22.9. The molecule has 0 heterocycles. The molecule has 1 aliphatic carbocycles. The Bertz CT molecular complexity index is 76.9. The van der Waals surface area contributed by atoms with Gasteiger partial charge >= 0.3 is 0 Å². The minimum Gasteiger partial charge on any atom is -0.325 e. The summed E-state index contributed by atoms with van der Waals surface area (Å²) in [5, 5.41) is 0. The quantitative estimate of drug-likeness (QED) is 0.548. The van der Waals surface area contributed by atoms with Crippen molar-refractivity contribution in [2.24, 2.45) is 11.7 Å². The minimum absolute atomic E-state index is 0.0955. The molecule has 1 fully saturated rings. The van der Waals surface area contributed by atoms with Gasteiger partial charge in [-0.05, 0) is 32.6 Å². The second kappa shape index (κ2) is 1.73. The second-order valence-corrected chi connectivity index (χ2v) is 3.45. The van der Waals surface area contributed by atoms with E-state index in [1.54, 1.807) is 0 Å². The Kier molecular flexibility index (Phi) is 1.31. The molecule has 0 bridgehead atoms. The smallest absolute Gasteiger partial charge is 0.0125 e. The highest BCUT2D eigenvalue weighted by atomic mass is 14.7. The third kappa shape index (κ3) is 1.03. The van der Waals surface area contributed by atoms with Crippen LogP contribution in [0.5, 0.6) is 0 Å². The van der Waals surface area contributed by atoms with Crippen molar-refractivity contribution >= 4 is 0 Å². The zero-order valence-electron chi connectivity index (χ0n) is 5.78. The monoisotopic (exact) mass is 113 g/mol. The number of nitrogens with two attached hydrogens (primary N) is 1. The summed E-state index contributed by atoms with van der Waals surface area (Å²) in [6.07, 6.45) is 4.10. The Hall–Kier alpha value is -0.0400. The van der Waals surface area contributed by atoms with Gasteiger partial charge in [0.1, 0.15) is 0 Å². The molecule has 1 aliphatic rings. The highest BCUT2D eigenvalue weighted by Crippen LogP contribution is 2.33. The zero-order chi connectivity index (χ0) is 6.20. The van der Waals surface area contributed by atoms with Gasteiger partial charge in [-0.25, -0.2) is 0 Å². The zero-order valence-corrected chi connectivity index (χ0v) is 5.78. The highest BCUT2D eigenvalue weighted by molar-refractivity contribution is 4.87. The van der Waals surface area contributed by atoms with Gasteiger partial charge in [0.2, 0.25) is 0 Å². The summed E-state index contributed by atoms with van der Waals surface area (Å²) in [4.78, 5) is 0. The molecule has 2 N–H and O–H groups in total. The van der Waals surface area contributed by atoms with E-state index in [-0.39, 0.29) is 5.54 Å². The summed E-state index contributed by atoms with van der Waals surface area (Å²) in [5.41, 5.74) is 5.94. The van der Waals surface area contributed by atoms with Crippen molar-refractivity contribution in [3.63, 3.8) is 0 Å². The molecule has 0 aromatic carbocycles. The van der Waals surface area contributed by atoms with Crippen LogP contribution in [-0.2, 0) is 0 Å². The first-order valence-electron chi connectivity index (χ1n) is 3.39. The van der Waals surface area contributed by atoms with Gasteiger partial charge < -0.3 is 5.73 Å². The molecule has 0 saturated heterocycles. The van der Waals surface area contributed by atoms with Crippen molar-refractivity contribution in [3.8, 4) is 0 Å². The molecular weight excluding hydrogens is 98.1 g/mol. The van der Waals surface area contributed by atoms with E-state index in [4.69, 9.17) is 5.73 Å². The van der Waals surface area contributed by atoms with E-state index in [1.165, 1.54) is 19.3 Å². The van der Waals surface area contributed by atoms with E-state index in [2.05, 4.69) is 13.8 Å². The van der Waals surface area contributed by atoms with Crippen molar-refractivity contribution in [1.29, 1.82) is 0 Å². The van der Waals surface area contributed by atoms with Gasteiger partial charge in [-0.3, -0.25) is 0 Å². The molecule has 48 valence electrons. The van der Waals surface area contributed by atoms with Crippen LogP contribution in [0.3, 0.4) is 0 Å². The lowest BCUT2D eigenvalue weighted by atomic mass is 9.73. The molecule has 1 rings (SSSR count). The molecule has 0 aromatic heterocycles. The molecule has 0 spiro atoms. The topological polar surface area (TPSA) is 26.0 Å². The molecule has 1 saturated carbocycles.